The van der Waals surface area contributed by atoms with Crippen LogP contribution < -0.4 is 0 Å². The van der Waals surface area contributed by atoms with Crippen LogP contribution in [-0.2, 0) is 47.4 Å². The summed E-state index contributed by atoms with van der Waals surface area (Å²) in [6.07, 6.45) is -6.87. The largest absolute Gasteiger partial charge is 0.382 e. The van der Waals surface area contributed by atoms with Gasteiger partial charge in [-0.3, -0.25) is 0 Å². The van der Waals surface area contributed by atoms with Gasteiger partial charge in [0.1, 0.15) is 48.8 Å². The molecule has 178 valence electrons. The van der Waals surface area contributed by atoms with Gasteiger partial charge in [-0.15, -0.1) is 0 Å². The molecule has 11 heteroatoms. The van der Waals surface area contributed by atoms with Gasteiger partial charge in [0, 0.05) is 49.8 Å². The fourth-order valence-corrected chi connectivity index (χ4v) is 4.13. The Balaban J connectivity index is 2.31. The summed E-state index contributed by atoms with van der Waals surface area (Å²) in [4.78, 5) is 0. The van der Waals surface area contributed by atoms with Crippen molar-refractivity contribution >= 4 is 0 Å². The molecular formula is C19H36O11. The Kier molecular flexibility index (Phi) is 10.8. The van der Waals surface area contributed by atoms with Gasteiger partial charge < -0.3 is 52.5 Å². The minimum atomic E-state index is -1.24. The maximum atomic E-state index is 10.4. The molecule has 0 amide bonds. The molecule has 0 aromatic rings. The molecule has 11 nitrogen and oxygen atoms in total. The fourth-order valence-electron chi connectivity index (χ4n) is 4.13. The zero-order valence-electron chi connectivity index (χ0n) is 18.7. The zero-order chi connectivity index (χ0) is 22.3. The highest BCUT2D eigenvalue weighted by atomic mass is 16.7. The molecule has 0 aromatic carbocycles. The lowest BCUT2D eigenvalue weighted by atomic mass is 9.96. The lowest BCUT2D eigenvalue weighted by Crippen LogP contribution is -2.66. The number of hydrogen-bond donors (Lipinski definition) is 1. The van der Waals surface area contributed by atoms with Crippen LogP contribution in [0, 0.1) is 0 Å². The van der Waals surface area contributed by atoms with Crippen LogP contribution in [0.4, 0.5) is 0 Å². The Labute approximate surface area is 177 Å². The van der Waals surface area contributed by atoms with Crippen molar-refractivity contribution in [2.75, 3.05) is 63.0 Å². The lowest BCUT2D eigenvalue weighted by Gasteiger charge is -2.48. The van der Waals surface area contributed by atoms with E-state index in [-0.39, 0.29) is 13.2 Å². The van der Waals surface area contributed by atoms with E-state index in [1.165, 1.54) is 28.4 Å². The summed E-state index contributed by atoms with van der Waals surface area (Å²) in [5, 5.41) is 10.4. The average Bonchev–Trinajstić information content (AvgIpc) is 2.74. The molecule has 2 saturated heterocycles. The molecule has 0 bridgehead atoms. The monoisotopic (exact) mass is 440 g/mol. The van der Waals surface area contributed by atoms with E-state index < -0.39 is 61.4 Å². The SMILES string of the molecule is COC[C@H]1O[C@@H](O[C@@H]2[C@@H](OC)[C@@H](O)O[C@H](COC)[C@H]2OC)[C@H](OC)[C@@H](OC)[C@H]1OC. The highest BCUT2D eigenvalue weighted by Crippen LogP contribution is 2.33. The summed E-state index contributed by atoms with van der Waals surface area (Å²) in [5.74, 6) is 0. The highest BCUT2D eigenvalue weighted by Gasteiger charge is 2.53. The van der Waals surface area contributed by atoms with Crippen LogP contribution in [0.3, 0.4) is 0 Å². The smallest absolute Gasteiger partial charge is 0.187 e. The summed E-state index contributed by atoms with van der Waals surface area (Å²) < 4.78 is 56.5. The number of ether oxygens (including phenoxy) is 10. The van der Waals surface area contributed by atoms with Gasteiger partial charge in [-0.05, 0) is 0 Å². The first-order valence-electron chi connectivity index (χ1n) is 9.77. The summed E-state index contributed by atoms with van der Waals surface area (Å²) in [6.45, 7) is 0.461. The molecule has 2 aliphatic rings. The van der Waals surface area contributed by atoms with Gasteiger partial charge in [-0.1, -0.05) is 0 Å². The molecule has 1 N–H and O–H groups in total. The quantitative estimate of drug-likeness (QED) is 0.435. The topological polar surface area (TPSA) is 113 Å². The first kappa shape index (κ1) is 25.8. The van der Waals surface area contributed by atoms with Gasteiger partial charge in [0.05, 0.1) is 13.2 Å². The molecule has 0 unspecified atom stereocenters. The van der Waals surface area contributed by atoms with Gasteiger partial charge in [0.25, 0.3) is 0 Å². The van der Waals surface area contributed by atoms with Crippen LogP contribution in [0.25, 0.3) is 0 Å². The Morgan fingerprint density at radius 1 is 0.567 bits per heavy atom. The number of aliphatic hydroxyl groups excluding tert-OH is 1. The number of hydrogen-bond acceptors (Lipinski definition) is 11. The van der Waals surface area contributed by atoms with Crippen molar-refractivity contribution in [2.45, 2.75) is 61.4 Å². The zero-order valence-corrected chi connectivity index (χ0v) is 18.7. The normalized spacial score (nSPS) is 42.4. The molecule has 0 aliphatic carbocycles. The Bertz CT molecular complexity index is 481. The summed E-state index contributed by atoms with van der Waals surface area (Å²) in [7, 11) is 10.8. The van der Waals surface area contributed by atoms with Gasteiger partial charge in [0.2, 0.25) is 0 Å². The molecule has 10 atom stereocenters. The van der Waals surface area contributed by atoms with E-state index in [0.29, 0.717) is 0 Å². The van der Waals surface area contributed by atoms with Crippen LogP contribution in [0.1, 0.15) is 0 Å². The summed E-state index contributed by atoms with van der Waals surface area (Å²) in [5.41, 5.74) is 0. The number of aliphatic hydroxyl groups is 1. The highest BCUT2D eigenvalue weighted by molar-refractivity contribution is 4.96. The van der Waals surface area contributed by atoms with E-state index in [9.17, 15) is 5.11 Å². The van der Waals surface area contributed by atoms with Crippen molar-refractivity contribution in [3.05, 3.63) is 0 Å². The van der Waals surface area contributed by atoms with E-state index in [0.717, 1.165) is 0 Å². The van der Waals surface area contributed by atoms with Crippen molar-refractivity contribution in [3.8, 4) is 0 Å². The third-order valence-electron chi connectivity index (χ3n) is 5.51. The fraction of sp³-hybridized carbons (Fsp3) is 1.00. The minimum Gasteiger partial charge on any atom is -0.382 e. The second-order valence-corrected chi connectivity index (χ2v) is 7.12. The molecule has 30 heavy (non-hydrogen) atoms. The van der Waals surface area contributed by atoms with Gasteiger partial charge >= 0.3 is 0 Å². The summed E-state index contributed by atoms with van der Waals surface area (Å²) >= 11 is 0. The first-order chi connectivity index (χ1) is 14.5. The standard InChI is InChI=1S/C19H36O11/c1-21-8-10-13(24-4)15(16(26-6)18(20)28-10)30-19-17(27-7)14(25-5)12(23-3)11(29-19)9-22-2/h10-20H,8-9H2,1-7H3/t10-,11-,12+,13-,14+,15+,16-,17-,18+,19+/m1/s1. The molecule has 0 radical (unpaired) electrons. The van der Waals surface area contributed by atoms with Crippen molar-refractivity contribution in [1.82, 2.24) is 0 Å². The third-order valence-corrected chi connectivity index (χ3v) is 5.51. The molecule has 0 saturated carbocycles. The first-order valence-corrected chi connectivity index (χ1v) is 9.77. The third kappa shape index (κ3) is 5.48. The molecule has 2 heterocycles. The molecule has 2 aliphatic heterocycles. The molecule has 0 aromatic heterocycles. The van der Waals surface area contributed by atoms with E-state index in [2.05, 4.69) is 0 Å². The number of rotatable bonds is 11. The van der Waals surface area contributed by atoms with Crippen molar-refractivity contribution in [2.24, 2.45) is 0 Å². The predicted octanol–water partition coefficient (Wildman–Crippen LogP) is -0.818. The lowest BCUT2D eigenvalue weighted by molar-refractivity contribution is -0.364. The Morgan fingerprint density at radius 2 is 1.03 bits per heavy atom. The van der Waals surface area contributed by atoms with Crippen molar-refractivity contribution in [1.29, 1.82) is 0 Å². The summed E-state index contributed by atoms with van der Waals surface area (Å²) in [6, 6.07) is 0. The Hall–Kier alpha value is -0.440. The van der Waals surface area contributed by atoms with E-state index in [1.807, 2.05) is 0 Å². The molecule has 2 rings (SSSR count). The molecular weight excluding hydrogens is 404 g/mol. The van der Waals surface area contributed by atoms with E-state index in [1.54, 1.807) is 21.3 Å². The van der Waals surface area contributed by atoms with Crippen molar-refractivity contribution in [3.63, 3.8) is 0 Å². The van der Waals surface area contributed by atoms with Crippen LogP contribution >= 0.6 is 0 Å². The minimum absolute atomic E-state index is 0.198. The van der Waals surface area contributed by atoms with Gasteiger partial charge in [-0.2, -0.15) is 0 Å². The van der Waals surface area contributed by atoms with Gasteiger partial charge in [-0.25, -0.2) is 0 Å². The van der Waals surface area contributed by atoms with Crippen LogP contribution in [0.15, 0.2) is 0 Å². The maximum absolute atomic E-state index is 10.4. The molecule has 0 spiro atoms. The van der Waals surface area contributed by atoms with Crippen molar-refractivity contribution < 1.29 is 52.5 Å². The molecule has 2 fully saturated rings. The van der Waals surface area contributed by atoms with Crippen LogP contribution in [0.2, 0.25) is 0 Å². The average molecular weight is 440 g/mol. The predicted molar refractivity (Wildman–Crippen MR) is 102 cm³/mol. The van der Waals surface area contributed by atoms with Crippen LogP contribution in [-0.4, -0.2) is 130 Å². The second-order valence-electron chi connectivity index (χ2n) is 7.12. The maximum Gasteiger partial charge on any atom is 0.187 e. The van der Waals surface area contributed by atoms with E-state index in [4.69, 9.17) is 47.4 Å². The number of methoxy groups -OCH3 is 7. The van der Waals surface area contributed by atoms with Gasteiger partial charge in [0.15, 0.2) is 12.6 Å². The van der Waals surface area contributed by atoms with Crippen LogP contribution in [0.5, 0.6) is 0 Å². The second kappa shape index (κ2) is 12.6. The van der Waals surface area contributed by atoms with E-state index >= 15 is 0 Å². The Morgan fingerprint density at radius 3 is 1.50 bits per heavy atom.